The molecule has 1 atom stereocenters. The van der Waals surface area contributed by atoms with Crippen LogP contribution in [0, 0.1) is 0 Å². The number of benzene rings is 4. The molecule has 0 aromatic heterocycles. The number of hydrogen-bond acceptors (Lipinski definition) is 13. The highest BCUT2D eigenvalue weighted by Gasteiger charge is 2.49. The first-order valence-corrected chi connectivity index (χ1v) is 26.5. The summed E-state index contributed by atoms with van der Waals surface area (Å²) >= 11 is 7.53. The summed E-state index contributed by atoms with van der Waals surface area (Å²) in [6.45, 7) is 4.84. The van der Waals surface area contributed by atoms with Crippen molar-refractivity contribution in [3.8, 4) is 0 Å². The lowest BCUT2D eigenvalue weighted by Gasteiger charge is -2.51. The SMILES string of the molecule is O=C(NS(=O)(=O)c1ccc(N[C@H](CCN2C3COCC2(O)COC3)CSc2ccccc2)c(S(=O)(=O)C(F)(F)F)c1)c1ccc(N2CCN(CC3=C(c4ccc(Cl)cc4)CCCC3)CC2)cc1. The van der Waals surface area contributed by atoms with Gasteiger partial charge >= 0.3 is 5.51 Å². The van der Waals surface area contributed by atoms with Crippen LogP contribution in [0.5, 0.6) is 0 Å². The Balaban J connectivity index is 0.944. The number of ether oxygens (including phenoxy) is 2. The zero-order valence-electron chi connectivity index (χ0n) is 36.6. The van der Waals surface area contributed by atoms with Crippen molar-refractivity contribution in [1.82, 2.24) is 14.5 Å². The minimum absolute atomic E-state index is 0.00290. The van der Waals surface area contributed by atoms with Crippen molar-refractivity contribution >= 4 is 66.1 Å². The lowest BCUT2D eigenvalue weighted by atomic mass is 9.87. The van der Waals surface area contributed by atoms with Crippen LogP contribution in [0.15, 0.2) is 117 Å². The average Bonchev–Trinajstić information content (AvgIpc) is 3.30. The smallest absolute Gasteiger partial charge is 0.380 e. The van der Waals surface area contributed by atoms with Gasteiger partial charge in [0.2, 0.25) is 0 Å². The number of nitrogens with one attached hydrogen (secondary N) is 2. The summed E-state index contributed by atoms with van der Waals surface area (Å²) in [5, 5.41) is 14.9. The molecule has 2 bridgehead atoms. The topological polar surface area (TPSA) is 158 Å². The third-order valence-corrected chi connectivity index (χ3v) is 17.0. The third kappa shape index (κ3) is 11.6. The normalized spacial score (nSPS) is 21.5. The van der Waals surface area contributed by atoms with Gasteiger partial charge in [-0.3, -0.25) is 14.6 Å². The number of aliphatic hydroxyl groups is 1. The van der Waals surface area contributed by atoms with Gasteiger partial charge in [-0.25, -0.2) is 21.6 Å². The number of piperazine rings is 1. The molecule has 3 fully saturated rings. The summed E-state index contributed by atoms with van der Waals surface area (Å²) in [6.07, 6.45) is 4.66. The van der Waals surface area contributed by atoms with Gasteiger partial charge in [-0.15, -0.1) is 11.8 Å². The molecule has 0 radical (unpaired) electrons. The number of fused-ring (bicyclic) bond motifs is 2. The number of alkyl halides is 3. The molecule has 0 spiro atoms. The maximum absolute atomic E-state index is 14.3. The summed E-state index contributed by atoms with van der Waals surface area (Å²) in [4.78, 5) is 18.5. The van der Waals surface area contributed by atoms with Gasteiger partial charge in [0.05, 0.1) is 43.1 Å². The number of carbonyl (C=O) groups is 1. The number of sulfone groups is 1. The van der Waals surface area contributed by atoms with Gasteiger partial charge in [0, 0.05) is 72.2 Å². The molecule has 13 nitrogen and oxygen atoms in total. The number of hydrogen-bond donors (Lipinski definition) is 3. The van der Waals surface area contributed by atoms with Gasteiger partial charge < -0.3 is 24.8 Å². The van der Waals surface area contributed by atoms with E-state index >= 15 is 0 Å². The Labute approximate surface area is 398 Å². The van der Waals surface area contributed by atoms with E-state index < -0.39 is 58.5 Å². The quantitative estimate of drug-likeness (QED) is 0.0964. The molecule has 3 saturated heterocycles. The molecular formula is C47H53ClF3N5O8S3. The number of carbonyl (C=O) groups excluding carboxylic acids is 1. The van der Waals surface area contributed by atoms with E-state index in [0.717, 1.165) is 81.1 Å². The Hall–Kier alpha value is -4.18. The fourth-order valence-corrected chi connectivity index (χ4v) is 12.2. The molecule has 3 heterocycles. The monoisotopic (exact) mass is 1000 g/mol. The van der Waals surface area contributed by atoms with Crippen LogP contribution in [-0.2, 0) is 29.3 Å². The molecule has 0 saturated carbocycles. The van der Waals surface area contributed by atoms with Gasteiger partial charge in [-0.1, -0.05) is 47.5 Å². The van der Waals surface area contributed by atoms with Crippen molar-refractivity contribution < 1.29 is 49.4 Å². The molecule has 360 valence electrons. The minimum Gasteiger partial charge on any atom is -0.380 e. The van der Waals surface area contributed by atoms with Crippen molar-refractivity contribution in [2.45, 2.75) is 70.1 Å². The first-order valence-electron chi connectivity index (χ1n) is 22.1. The summed E-state index contributed by atoms with van der Waals surface area (Å²) in [5.74, 6) is -0.788. The van der Waals surface area contributed by atoms with E-state index in [9.17, 15) is 39.9 Å². The largest absolute Gasteiger partial charge is 0.501 e. The summed E-state index contributed by atoms with van der Waals surface area (Å²) in [5.41, 5.74) is -2.80. The number of morpholine rings is 2. The van der Waals surface area contributed by atoms with Gasteiger partial charge in [-0.05, 0) is 110 Å². The first-order chi connectivity index (χ1) is 32.0. The highest BCUT2D eigenvalue weighted by molar-refractivity contribution is 7.99. The van der Waals surface area contributed by atoms with E-state index in [2.05, 4.69) is 27.2 Å². The number of anilines is 2. The number of amides is 1. The number of nitrogens with zero attached hydrogens (tertiary/aromatic N) is 3. The standard InChI is InChI=1S/C47H53ClF3N5O8S3/c48-36-14-10-33(11-15-36)42-9-5-4-6-35(42)27-54-22-24-55(25-23-54)38-16-12-34(13-17-38)45(57)53-67(61,62)41-18-19-43(44(26-41)66(59,60)47(49,50)51)52-37(30-65-40-7-2-1-3-8-40)20-21-56-39-28-63-31-46(56,58)32-64-29-39/h1-3,7-8,10-19,26,37,39,52,58H,4-6,9,20-25,27-32H2,(H,53,57)/t37-,39?,46?/m1/s1. The maximum atomic E-state index is 14.3. The van der Waals surface area contributed by atoms with Crippen LogP contribution in [0.2, 0.25) is 5.02 Å². The van der Waals surface area contributed by atoms with E-state index in [1.807, 2.05) is 52.1 Å². The summed E-state index contributed by atoms with van der Waals surface area (Å²) in [6, 6.07) is 25.0. The van der Waals surface area contributed by atoms with Crippen LogP contribution in [-0.4, -0.2) is 132 Å². The molecule has 8 rings (SSSR count). The van der Waals surface area contributed by atoms with E-state index in [0.29, 0.717) is 24.3 Å². The molecule has 3 N–H and O–H groups in total. The molecule has 20 heteroatoms. The Bertz CT molecular complexity index is 2630. The number of rotatable bonds is 16. The third-order valence-electron chi connectivity index (χ3n) is 12.7. The Kier molecular flexibility index (Phi) is 15.3. The van der Waals surface area contributed by atoms with E-state index in [1.165, 1.54) is 40.6 Å². The van der Waals surface area contributed by atoms with Crippen molar-refractivity contribution in [2.75, 3.05) is 81.7 Å². The molecule has 4 aromatic rings. The van der Waals surface area contributed by atoms with Crippen LogP contribution in [0.4, 0.5) is 24.5 Å². The molecule has 0 unspecified atom stereocenters. The zero-order chi connectivity index (χ0) is 47.4. The van der Waals surface area contributed by atoms with Gasteiger partial charge in [0.15, 0.2) is 5.72 Å². The lowest BCUT2D eigenvalue weighted by molar-refractivity contribution is -0.273. The Morgan fingerprint density at radius 1 is 0.881 bits per heavy atom. The Morgan fingerprint density at radius 2 is 1.55 bits per heavy atom. The van der Waals surface area contributed by atoms with Crippen LogP contribution >= 0.6 is 23.4 Å². The van der Waals surface area contributed by atoms with E-state index in [4.69, 9.17) is 21.1 Å². The predicted octanol–water partition coefficient (Wildman–Crippen LogP) is 7.28. The fourth-order valence-electron chi connectivity index (χ4n) is 9.08. The molecule has 1 aliphatic carbocycles. The number of allylic oxidation sites excluding steroid dienone is 1. The molecule has 3 aliphatic heterocycles. The number of sulfonamides is 1. The van der Waals surface area contributed by atoms with Crippen LogP contribution in [0.3, 0.4) is 0 Å². The van der Waals surface area contributed by atoms with Crippen LogP contribution in [0.1, 0.15) is 48.0 Å². The lowest BCUT2D eigenvalue weighted by Crippen LogP contribution is -2.68. The molecular weight excluding hydrogens is 951 g/mol. The van der Waals surface area contributed by atoms with Crippen molar-refractivity contribution in [3.63, 3.8) is 0 Å². The van der Waals surface area contributed by atoms with Crippen molar-refractivity contribution in [2.24, 2.45) is 0 Å². The van der Waals surface area contributed by atoms with Gasteiger partial charge in [0.25, 0.3) is 25.8 Å². The molecule has 4 aromatic carbocycles. The first kappa shape index (κ1) is 49.2. The Morgan fingerprint density at radius 3 is 2.21 bits per heavy atom. The summed E-state index contributed by atoms with van der Waals surface area (Å²) < 4.78 is 109. The molecule has 4 aliphatic rings. The maximum Gasteiger partial charge on any atom is 0.501 e. The molecule has 67 heavy (non-hydrogen) atoms. The van der Waals surface area contributed by atoms with Gasteiger partial charge in [-0.2, -0.15) is 13.2 Å². The highest BCUT2D eigenvalue weighted by Crippen LogP contribution is 2.38. The second-order valence-corrected chi connectivity index (χ2v) is 22.4. The average molecular weight is 1000 g/mol. The summed E-state index contributed by atoms with van der Waals surface area (Å²) in [7, 11) is -11.0. The van der Waals surface area contributed by atoms with E-state index in [1.54, 1.807) is 12.1 Å². The molecule has 1 amide bonds. The second kappa shape index (κ2) is 20.8. The minimum atomic E-state index is -6.13. The fraction of sp³-hybridized carbons (Fsp3) is 0.426. The number of halogens is 4. The second-order valence-electron chi connectivity index (χ2n) is 17.3. The zero-order valence-corrected chi connectivity index (χ0v) is 39.8. The van der Waals surface area contributed by atoms with Crippen molar-refractivity contribution in [3.05, 3.63) is 119 Å². The van der Waals surface area contributed by atoms with Gasteiger partial charge in [0.1, 0.15) is 4.90 Å². The predicted molar refractivity (Wildman–Crippen MR) is 253 cm³/mol. The van der Waals surface area contributed by atoms with Crippen LogP contribution in [0.25, 0.3) is 5.57 Å². The highest BCUT2D eigenvalue weighted by atomic mass is 35.5. The van der Waals surface area contributed by atoms with E-state index in [-0.39, 0.29) is 43.5 Å². The van der Waals surface area contributed by atoms with Crippen LogP contribution < -0.4 is 14.9 Å². The van der Waals surface area contributed by atoms with Crippen molar-refractivity contribution in [1.29, 1.82) is 0 Å². The number of thioether (sulfide) groups is 1.